The summed E-state index contributed by atoms with van der Waals surface area (Å²) in [4.78, 5) is 39.5. The van der Waals surface area contributed by atoms with Gasteiger partial charge in [0, 0.05) is 30.3 Å². The van der Waals surface area contributed by atoms with E-state index in [1.807, 2.05) is 13.8 Å². The maximum Gasteiger partial charge on any atom is 0.334 e. The minimum atomic E-state index is -1.80. The Kier molecular flexibility index (Phi) is 8.78. The van der Waals surface area contributed by atoms with Crippen LogP contribution in [0.5, 0.6) is 0 Å². The molecular weight excluding hydrogens is 672 g/mol. The number of epoxide rings is 1. The number of esters is 2. The van der Waals surface area contributed by atoms with Crippen LogP contribution in [0, 0.1) is 28.6 Å². The number of aliphatic hydroxyl groups excluding tert-OH is 5. The second-order valence-electron chi connectivity index (χ2n) is 16.3. The van der Waals surface area contributed by atoms with Crippen molar-refractivity contribution in [1.29, 1.82) is 0 Å². The molecule has 51 heavy (non-hydrogen) atoms. The summed E-state index contributed by atoms with van der Waals surface area (Å²) in [6.07, 6.45) is -7.67. The van der Waals surface area contributed by atoms with Crippen molar-refractivity contribution in [2.24, 2.45) is 28.6 Å². The molecule has 15 heteroatoms. The lowest BCUT2D eigenvalue weighted by molar-refractivity contribution is -0.299. The van der Waals surface area contributed by atoms with Gasteiger partial charge < -0.3 is 59.4 Å². The fourth-order valence-corrected chi connectivity index (χ4v) is 11.3. The van der Waals surface area contributed by atoms with E-state index >= 15 is 0 Å². The molecule has 3 heterocycles. The third-order valence-corrected chi connectivity index (χ3v) is 14.4. The molecule has 0 amide bonds. The molecule has 0 aromatic carbocycles. The first-order valence-electron chi connectivity index (χ1n) is 17.9. The van der Waals surface area contributed by atoms with E-state index in [1.54, 1.807) is 19.9 Å². The van der Waals surface area contributed by atoms with Crippen LogP contribution in [-0.2, 0) is 38.1 Å². The molecule has 3 aliphatic heterocycles. The summed E-state index contributed by atoms with van der Waals surface area (Å²) in [5.74, 6) is -3.52. The Labute approximate surface area is 295 Å². The van der Waals surface area contributed by atoms with Crippen molar-refractivity contribution in [3.8, 4) is 0 Å². The number of hydrogen-bond acceptors (Lipinski definition) is 15. The third kappa shape index (κ3) is 4.69. The second-order valence-corrected chi connectivity index (χ2v) is 16.3. The standard InChI is InChI=1S/C36H50O15/c1-15-18(14-47-31-27(43)26(42)25(41)22(13-37)50-31)11-21(49-30(15)44)16(2)36-29(51-36)28(48-17(3)38)35(46)20-12-24(40)34(45)9-6-7-23(39)33(34,5)19(20)8-10-32(35,36)4/h6-7,16,19-22,24-29,31,37,40-43,45-46H,8-14H2,1-5H3/t16-,19-,20+,21-,22-,24-,25-,26+,27-,28-,29-,31-,32+,33-,34+,35-,36-/m0/s1. The van der Waals surface area contributed by atoms with Gasteiger partial charge in [0.25, 0.3) is 0 Å². The summed E-state index contributed by atoms with van der Waals surface area (Å²) >= 11 is 0. The smallest absolute Gasteiger partial charge is 0.334 e. The topological polar surface area (TPSA) is 242 Å². The fraction of sp³-hybridized carbons (Fsp3) is 0.806. The predicted octanol–water partition coefficient (Wildman–Crippen LogP) is -1.05. The van der Waals surface area contributed by atoms with Crippen LogP contribution in [0.1, 0.15) is 66.7 Å². The molecule has 4 aliphatic carbocycles. The number of rotatable bonds is 7. The summed E-state index contributed by atoms with van der Waals surface area (Å²) in [5.41, 5.74) is -6.46. The molecule has 284 valence electrons. The van der Waals surface area contributed by atoms with Crippen LogP contribution >= 0.6 is 0 Å². The molecule has 2 saturated heterocycles. The predicted molar refractivity (Wildman–Crippen MR) is 171 cm³/mol. The van der Waals surface area contributed by atoms with Gasteiger partial charge in [-0.1, -0.05) is 19.9 Å². The Bertz CT molecular complexity index is 1540. The molecule has 5 fully saturated rings. The number of carbonyl (C=O) groups excluding carboxylic acids is 3. The molecule has 0 spiro atoms. The van der Waals surface area contributed by atoms with Crippen molar-refractivity contribution in [3.63, 3.8) is 0 Å². The van der Waals surface area contributed by atoms with E-state index in [1.165, 1.54) is 13.0 Å². The zero-order chi connectivity index (χ0) is 37.2. The minimum Gasteiger partial charge on any atom is -0.458 e. The molecule has 3 saturated carbocycles. The number of aliphatic hydroxyl groups is 7. The van der Waals surface area contributed by atoms with Crippen LogP contribution < -0.4 is 0 Å². The summed E-state index contributed by atoms with van der Waals surface area (Å²) in [7, 11) is 0. The third-order valence-electron chi connectivity index (χ3n) is 14.4. The average Bonchev–Trinajstić information content (AvgIpc) is 3.81. The lowest BCUT2D eigenvalue weighted by Gasteiger charge is -2.66. The molecule has 7 N–H and O–H groups in total. The fourth-order valence-electron chi connectivity index (χ4n) is 11.3. The Morgan fingerprint density at radius 1 is 1.08 bits per heavy atom. The van der Waals surface area contributed by atoms with E-state index in [9.17, 15) is 50.1 Å². The highest BCUT2D eigenvalue weighted by Gasteiger charge is 2.90. The highest BCUT2D eigenvalue weighted by Crippen LogP contribution is 2.77. The molecule has 7 rings (SSSR count). The number of ether oxygens (including phenoxy) is 5. The Morgan fingerprint density at radius 3 is 2.45 bits per heavy atom. The Morgan fingerprint density at radius 2 is 1.78 bits per heavy atom. The van der Waals surface area contributed by atoms with Gasteiger partial charge in [-0.15, -0.1) is 0 Å². The molecule has 0 aromatic rings. The lowest BCUT2D eigenvalue weighted by atomic mass is 9.41. The number of fused-ring (bicyclic) bond motifs is 7. The molecular formula is C36H50O15. The van der Waals surface area contributed by atoms with Gasteiger partial charge in [-0.2, -0.15) is 0 Å². The van der Waals surface area contributed by atoms with Crippen LogP contribution in [0.4, 0.5) is 0 Å². The van der Waals surface area contributed by atoms with Crippen LogP contribution in [0.2, 0.25) is 0 Å². The van der Waals surface area contributed by atoms with Gasteiger partial charge in [0.05, 0.1) is 24.7 Å². The SMILES string of the molecule is CC(=O)O[C@H]1[C@@H]2O[C@]2([C@@H](C)[C@@H]2CC(CO[C@H]3O[C@@H](CO)[C@H](O)[C@@H](O)[C@@H]3O)=C(C)C(=O)O2)[C@]2(C)CC[C@H]3[C@@H](C[C@H](O)[C@]4(O)CC=CC(=O)[C@]34C)[C@]12O. The summed E-state index contributed by atoms with van der Waals surface area (Å²) in [5, 5.41) is 76.8. The molecule has 0 bridgehead atoms. The van der Waals surface area contributed by atoms with Crippen LogP contribution in [-0.4, -0.2) is 139 Å². The van der Waals surface area contributed by atoms with E-state index in [4.69, 9.17) is 23.7 Å². The molecule has 0 unspecified atom stereocenters. The number of ketones is 1. The minimum absolute atomic E-state index is 0.0430. The lowest BCUT2D eigenvalue weighted by Crippen LogP contribution is -2.75. The summed E-state index contributed by atoms with van der Waals surface area (Å²) < 4.78 is 29.6. The van der Waals surface area contributed by atoms with E-state index in [0.717, 1.165) is 0 Å². The van der Waals surface area contributed by atoms with Crippen molar-refractivity contribution >= 4 is 17.7 Å². The van der Waals surface area contributed by atoms with Gasteiger partial charge in [-0.25, -0.2) is 4.79 Å². The Hall–Kier alpha value is -2.31. The number of cyclic esters (lactones) is 1. The van der Waals surface area contributed by atoms with Crippen LogP contribution in [0.15, 0.2) is 23.3 Å². The average molecular weight is 723 g/mol. The van der Waals surface area contributed by atoms with Crippen molar-refractivity contribution in [2.75, 3.05) is 13.2 Å². The van der Waals surface area contributed by atoms with Crippen LogP contribution in [0.3, 0.4) is 0 Å². The zero-order valence-corrected chi connectivity index (χ0v) is 29.4. The zero-order valence-electron chi connectivity index (χ0n) is 29.4. The van der Waals surface area contributed by atoms with E-state index in [2.05, 4.69) is 0 Å². The molecule has 0 radical (unpaired) electrons. The molecule has 0 aromatic heterocycles. The molecule has 7 aliphatic rings. The quantitative estimate of drug-likeness (QED) is 0.123. The number of allylic oxidation sites excluding steroid dienone is 1. The first-order chi connectivity index (χ1) is 23.8. The summed E-state index contributed by atoms with van der Waals surface area (Å²) in [6, 6.07) is 0. The van der Waals surface area contributed by atoms with Gasteiger partial charge in [0.2, 0.25) is 0 Å². The number of carbonyl (C=O) groups is 3. The van der Waals surface area contributed by atoms with Crippen molar-refractivity contribution in [1.82, 2.24) is 0 Å². The van der Waals surface area contributed by atoms with Crippen molar-refractivity contribution in [3.05, 3.63) is 23.3 Å². The van der Waals surface area contributed by atoms with Gasteiger partial charge in [0.1, 0.15) is 53.4 Å². The molecule has 17 atom stereocenters. The summed E-state index contributed by atoms with van der Waals surface area (Å²) in [6.45, 7) is 7.30. The maximum atomic E-state index is 13.6. The maximum absolute atomic E-state index is 13.6. The number of hydrogen-bond donors (Lipinski definition) is 7. The highest BCUT2D eigenvalue weighted by molar-refractivity contribution is 5.97. The van der Waals surface area contributed by atoms with E-state index in [0.29, 0.717) is 18.4 Å². The largest absolute Gasteiger partial charge is 0.458 e. The van der Waals surface area contributed by atoms with E-state index < -0.39 is 119 Å². The van der Waals surface area contributed by atoms with Gasteiger partial charge in [-0.05, 0) is 63.0 Å². The van der Waals surface area contributed by atoms with Crippen LogP contribution in [0.25, 0.3) is 0 Å². The van der Waals surface area contributed by atoms with Gasteiger partial charge in [-0.3, -0.25) is 9.59 Å². The first kappa shape index (κ1) is 37.0. The van der Waals surface area contributed by atoms with Gasteiger partial charge >= 0.3 is 11.9 Å². The first-order valence-corrected chi connectivity index (χ1v) is 17.9. The monoisotopic (exact) mass is 722 g/mol. The van der Waals surface area contributed by atoms with Crippen molar-refractivity contribution < 1.29 is 73.8 Å². The normalized spacial score (nSPS) is 52.3. The Balaban J connectivity index is 1.18. The van der Waals surface area contributed by atoms with E-state index in [-0.39, 0.29) is 37.2 Å². The highest BCUT2D eigenvalue weighted by atomic mass is 16.7. The second kappa shape index (κ2) is 12.1. The van der Waals surface area contributed by atoms with Gasteiger partial charge in [0.15, 0.2) is 18.2 Å². The molecule has 15 nitrogen and oxygen atoms in total. The van der Waals surface area contributed by atoms with Crippen molar-refractivity contribution in [2.45, 2.75) is 139 Å².